The number of carbonyl (C=O) groups is 2. The molecule has 1 amide bonds. The second-order valence-corrected chi connectivity index (χ2v) is 6.26. The van der Waals surface area contributed by atoms with Crippen LogP contribution in [-0.2, 0) is 4.79 Å². The predicted molar refractivity (Wildman–Crippen MR) is 108 cm³/mol. The summed E-state index contributed by atoms with van der Waals surface area (Å²) in [4.78, 5) is 35.3. The summed E-state index contributed by atoms with van der Waals surface area (Å²) in [6, 6.07) is 21.1. The van der Waals surface area contributed by atoms with Crippen molar-refractivity contribution in [3.63, 3.8) is 0 Å². The van der Waals surface area contributed by atoms with Gasteiger partial charge in [-0.05, 0) is 25.1 Å². The number of hydrogen-bond donors (Lipinski definition) is 1. The molecule has 0 saturated heterocycles. The van der Waals surface area contributed by atoms with Gasteiger partial charge in [0.25, 0.3) is 5.91 Å². The highest BCUT2D eigenvalue weighted by Gasteiger charge is 2.26. The van der Waals surface area contributed by atoms with Crippen LogP contribution in [0, 0.1) is 10.1 Å². The molecule has 1 N–H and O–H groups in total. The van der Waals surface area contributed by atoms with Crippen LogP contribution in [0.15, 0.2) is 78.9 Å². The number of nitrogens with one attached hydrogen (secondary N) is 1. The molecule has 0 radical (unpaired) electrons. The molecular weight excluding hydrogens is 372 g/mol. The Bertz CT molecular complexity index is 1050. The molecule has 0 aliphatic rings. The van der Waals surface area contributed by atoms with Crippen molar-refractivity contribution in [2.24, 2.45) is 0 Å². The Labute approximate surface area is 167 Å². The molecule has 3 aromatic carbocycles. The van der Waals surface area contributed by atoms with Gasteiger partial charge in [-0.3, -0.25) is 19.7 Å². The minimum atomic E-state index is -1.13. The average molecular weight is 390 g/mol. The summed E-state index contributed by atoms with van der Waals surface area (Å²) in [6.45, 7) is 1.44. The number of ether oxygens (including phenoxy) is 1. The van der Waals surface area contributed by atoms with Crippen molar-refractivity contribution >= 4 is 23.1 Å². The zero-order valence-corrected chi connectivity index (χ0v) is 15.6. The van der Waals surface area contributed by atoms with Crippen LogP contribution in [0.2, 0.25) is 0 Å². The van der Waals surface area contributed by atoms with E-state index < -0.39 is 16.9 Å². The Balaban J connectivity index is 1.92. The maximum Gasteiger partial charge on any atom is 0.310 e. The number of hydrogen-bond acceptors (Lipinski definition) is 5. The number of rotatable bonds is 7. The summed E-state index contributed by atoms with van der Waals surface area (Å²) in [5.41, 5.74) is 1.18. The average Bonchev–Trinajstić information content (AvgIpc) is 2.73. The van der Waals surface area contributed by atoms with Crippen molar-refractivity contribution in [3.8, 4) is 5.75 Å². The van der Waals surface area contributed by atoms with Crippen molar-refractivity contribution in [2.45, 2.75) is 13.0 Å². The fraction of sp³-hybridized carbons (Fsp3) is 0.0909. The van der Waals surface area contributed by atoms with Crippen LogP contribution in [0.1, 0.15) is 28.9 Å². The molecular formula is C22H18N2O5. The number of nitro benzene ring substituents is 1. The number of para-hydroxylation sites is 2. The van der Waals surface area contributed by atoms with Crippen molar-refractivity contribution in [1.29, 1.82) is 0 Å². The molecule has 0 aromatic heterocycles. The zero-order valence-electron chi connectivity index (χ0n) is 15.6. The first-order valence-electron chi connectivity index (χ1n) is 8.82. The number of amides is 1. The van der Waals surface area contributed by atoms with E-state index in [0.29, 0.717) is 16.8 Å². The highest BCUT2D eigenvalue weighted by Crippen LogP contribution is 2.31. The van der Waals surface area contributed by atoms with Gasteiger partial charge >= 0.3 is 5.69 Å². The molecule has 0 aliphatic heterocycles. The lowest BCUT2D eigenvalue weighted by Gasteiger charge is -2.19. The summed E-state index contributed by atoms with van der Waals surface area (Å²) < 4.78 is 5.78. The fourth-order valence-electron chi connectivity index (χ4n) is 2.76. The van der Waals surface area contributed by atoms with Crippen molar-refractivity contribution in [2.75, 3.05) is 5.32 Å². The van der Waals surface area contributed by atoms with Gasteiger partial charge in [-0.1, -0.05) is 54.6 Å². The standard InChI is InChI=1S/C22H18N2O5/c1-15(25)17-10-7-11-18(14-17)23-22(26)21(16-8-3-2-4-9-16)29-20-13-6-5-12-19(20)24(27)28/h2-14,21H,1H3,(H,23,26). The van der Waals surface area contributed by atoms with E-state index in [1.165, 1.54) is 25.1 Å². The molecule has 0 aliphatic carbocycles. The molecule has 7 heteroatoms. The quantitative estimate of drug-likeness (QED) is 0.362. The van der Waals surface area contributed by atoms with Crippen LogP contribution in [-0.4, -0.2) is 16.6 Å². The second kappa shape index (κ2) is 8.79. The van der Waals surface area contributed by atoms with E-state index >= 15 is 0 Å². The van der Waals surface area contributed by atoms with E-state index in [4.69, 9.17) is 4.74 Å². The number of Topliss-reactive ketones (excluding diaryl/α,β-unsaturated/α-hetero) is 1. The maximum atomic E-state index is 13.0. The molecule has 3 rings (SSSR count). The van der Waals surface area contributed by atoms with E-state index in [1.54, 1.807) is 60.7 Å². The first kappa shape index (κ1) is 19.8. The van der Waals surface area contributed by atoms with E-state index in [9.17, 15) is 19.7 Å². The molecule has 1 atom stereocenters. The minimum absolute atomic E-state index is 0.0148. The summed E-state index contributed by atoms with van der Waals surface area (Å²) in [5.74, 6) is -0.661. The number of anilines is 1. The Morgan fingerprint density at radius 1 is 0.966 bits per heavy atom. The largest absolute Gasteiger partial charge is 0.469 e. The Morgan fingerprint density at radius 2 is 1.66 bits per heavy atom. The highest BCUT2D eigenvalue weighted by atomic mass is 16.6. The first-order chi connectivity index (χ1) is 14.0. The lowest BCUT2D eigenvalue weighted by atomic mass is 10.1. The topological polar surface area (TPSA) is 98.5 Å². The Morgan fingerprint density at radius 3 is 2.34 bits per heavy atom. The molecule has 146 valence electrons. The summed E-state index contributed by atoms with van der Waals surface area (Å²) in [5, 5.41) is 14.0. The monoisotopic (exact) mass is 390 g/mol. The van der Waals surface area contributed by atoms with Crippen LogP contribution in [0.3, 0.4) is 0 Å². The van der Waals surface area contributed by atoms with Crippen LogP contribution in [0.4, 0.5) is 11.4 Å². The van der Waals surface area contributed by atoms with Gasteiger partial charge < -0.3 is 10.1 Å². The van der Waals surface area contributed by atoms with Gasteiger partial charge in [-0.2, -0.15) is 0 Å². The fourth-order valence-corrected chi connectivity index (χ4v) is 2.76. The number of ketones is 1. The Hall–Kier alpha value is -4.00. The summed E-state index contributed by atoms with van der Waals surface area (Å²) >= 11 is 0. The lowest BCUT2D eigenvalue weighted by Crippen LogP contribution is -2.26. The molecule has 3 aromatic rings. The first-order valence-corrected chi connectivity index (χ1v) is 8.82. The van der Waals surface area contributed by atoms with Crippen LogP contribution >= 0.6 is 0 Å². The number of nitrogens with zero attached hydrogens (tertiary/aromatic N) is 1. The van der Waals surface area contributed by atoms with Gasteiger partial charge in [0.05, 0.1) is 4.92 Å². The van der Waals surface area contributed by atoms with E-state index in [0.717, 1.165) is 0 Å². The Kier molecular flexibility index (Phi) is 5.99. The smallest absolute Gasteiger partial charge is 0.310 e. The number of carbonyl (C=O) groups excluding carboxylic acids is 2. The maximum absolute atomic E-state index is 13.0. The molecule has 0 bridgehead atoms. The van der Waals surface area contributed by atoms with Crippen LogP contribution < -0.4 is 10.1 Å². The van der Waals surface area contributed by atoms with Gasteiger partial charge in [0.1, 0.15) is 0 Å². The molecule has 7 nitrogen and oxygen atoms in total. The number of nitro groups is 1. The van der Waals surface area contributed by atoms with Crippen molar-refractivity contribution in [3.05, 3.63) is 100 Å². The number of benzene rings is 3. The SMILES string of the molecule is CC(=O)c1cccc(NC(=O)C(Oc2ccccc2[N+](=O)[O-])c2ccccc2)c1. The van der Waals surface area contributed by atoms with Gasteiger partial charge in [0.2, 0.25) is 6.10 Å². The third kappa shape index (κ3) is 4.84. The van der Waals surface area contributed by atoms with Crippen LogP contribution in [0.5, 0.6) is 5.75 Å². The van der Waals surface area contributed by atoms with Crippen LogP contribution in [0.25, 0.3) is 0 Å². The lowest BCUT2D eigenvalue weighted by molar-refractivity contribution is -0.386. The highest BCUT2D eigenvalue weighted by molar-refractivity contribution is 5.98. The third-order valence-corrected chi connectivity index (χ3v) is 4.18. The normalized spacial score (nSPS) is 11.3. The molecule has 29 heavy (non-hydrogen) atoms. The molecule has 0 spiro atoms. The minimum Gasteiger partial charge on any atom is -0.469 e. The molecule has 0 fully saturated rings. The van der Waals surface area contributed by atoms with E-state index in [1.807, 2.05) is 0 Å². The van der Waals surface area contributed by atoms with Gasteiger partial charge in [-0.25, -0.2) is 0 Å². The van der Waals surface area contributed by atoms with Gasteiger partial charge in [-0.15, -0.1) is 0 Å². The second-order valence-electron chi connectivity index (χ2n) is 6.26. The van der Waals surface area contributed by atoms with Gasteiger partial charge in [0, 0.05) is 22.9 Å². The molecule has 0 heterocycles. The summed E-state index contributed by atoms with van der Waals surface area (Å²) in [6.07, 6.45) is -1.13. The zero-order chi connectivity index (χ0) is 20.8. The molecule has 0 saturated carbocycles. The summed E-state index contributed by atoms with van der Waals surface area (Å²) in [7, 11) is 0. The predicted octanol–water partition coefficient (Wildman–Crippen LogP) is 4.56. The van der Waals surface area contributed by atoms with E-state index in [-0.39, 0.29) is 17.2 Å². The molecule has 1 unspecified atom stereocenters. The third-order valence-electron chi connectivity index (χ3n) is 4.18. The van der Waals surface area contributed by atoms with Crippen molar-refractivity contribution in [1.82, 2.24) is 0 Å². The van der Waals surface area contributed by atoms with Crippen molar-refractivity contribution < 1.29 is 19.2 Å². The van der Waals surface area contributed by atoms with E-state index in [2.05, 4.69) is 5.32 Å². The van der Waals surface area contributed by atoms with Gasteiger partial charge in [0.15, 0.2) is 11.5 Å².